The Morgan fingerprint density at radius 2 is 1.83 bits per heavy atom. The molecule has 1 heteroatoms. The van der Waals surface area contributed by atoms with E-state index in [0.29, 0.717) is 5.92 Å². The van der Waals surface area contributed by atoms with Crippen LogP contribution in [0.3, 0.4) is 0 Å². The van der Waals surface area contributed by atoms with Crippen LogP contribution in [0.4, 0.5) is 0 Å². The van der Waals surface area contributed by atoms with Gasteiger partial charge in [0.05, 0.1) is 6.10 Å². The first kappa shape index (κ1) is 8.31. The molecule has 12 heavy (non-hydrogen) atoms. The summed E-state index contributed by atoms with van der Waals surface area (Å²) in [5, 5.41) is 9.82. The minimum Gasteiger partial charge on any atom is -0.389 e. The molecule has 0 amide bonds. The summed E-state index contributed by atoms with van der Waals surface area (Å²) in [6, 6.07) is 0. The van der Waals surface area contributed by atoms with Crippen LogP contribution in [0.25, 0.3) is 0 Å². The van der Waals surface area contributed by atoms with Gasteiger partial charge in [0.25, 0.3) is 0 Å². The molecule has 0 aromatic heterocycles. The molecule has 0 fully saturated rings. The van der Waals surface area contributed by atoms with E-state index in [1.165, 1.54) is 37.7 Å². The van der Waals surface area contributed by atoms with Crippen LogP contribution in [0.5, 0.6) is 0 Å². The molecule has 2 aliphatic carbocycles. The van der Waals surface area contributed by atoms with E-state index in [0.717, 1.165) is 6.42 Å². The SMILES string of the molecule is CC1CCCC2=C1C(O)CCC2. The molecule has 0 bridgehead atoms. The van der Waals surface area contributed by atoms with E-state index >= 15 is 0 Å². The zero-order valence-electron chi connectivity index (χ0n) is 7.84. The highest BCUT2D eigenvalue weighted by atomic mass is 16.3. The molecule has 0 aliphatic heterocycles. The summed E-state index contributed by atoms with van der Waals surface area (Å²) in [7, 11) is 0. The zero-order valence-corrected chi connectivity index (χ0v) is 7.84. The topological polar surface area (TPSA) is 20.2 Å². The van der Waals surface area contributed by atoms with Gasteiger partial charge in [0, 0.05) is 0 Å². The van der Waals surface area contributed by atoms with Crippen LogP contribution in [-0.2, 0) is 0 Å². The number of aliphatic hydroxyl groups is 1. The van der Waals surface area contributed by atoms with Crippen molar-refractivity contribution in [3.8, 4) is 0 Å². The molecule has 0 saturated carbocycles. The fraction of sp³-hybridized carbons (Fsp3) is 0.818. The van der Waals surface area contributed by atoms with Crippen LogP contribution in [0.1, 0.15) is 45.4 Å². The Morgan fingerprint density at radius 3 is 2.50 bits per heavy atom. The number of aliphatic hydroxyl groups excluding tert-OH is 1. The Labute approximate surface area is 74.5 Å². The first-order chi connectivity index (χ1) is 5.79. The van der Waals surface area contributed by atoms with Gasteiger partial charge in [0.15, 0.2) is 0 Å². The number of rotatable bonds is 0. The van der Waals surface area contributed by atoms with Crippen LogP contribution < -0.4 is 0 Å². The predicted molar refractivity (Wildman–Crippen MR) is 49.9 cm³/mol. The molecule has 0 heterocycles. The molecule has 2 atom stereocenters. The summed E-state index contributed by atoms with van der Waals surface area (Å²) in [6.07, 6.45) is 7.26. The van der Waals surface area contributed by atoms with E-state index in [1.54, 1.807) is 5.57 Å². The molecule has 68 valence electrons. The zero-order chi connectivity index (χ0) is 8.55. The lowest BCUT2D eigenvalue weighted by molar-refractivity contribution is 0.169. The van der Waals surface area contributed by atoms with Gasteiger partial charge in [-0.2, -0.15) is 0 Å². The van der Waals surface area contributed by atoms with Gasteiger partial charge in [-0.25, -0.2) is 0 Å². The van der Waals surface area contributed by atoms with Crippen LogP contribution in [0, 0.1) is 5.92 Å². The van der Waals surface area contributed by atoms with Gasteiger partial charge in [-0.05, 0) is 50.0 Å². The highest BCUT2D eigenvalue weighted by Gasteiger charge is 2.27. The molecular weight excluding hydrogens is 148 g/mol. The Bertz CT molecular complexity index is 185. The van der Waals surface area contributed by atoms with Crippen molar-refractivity contribution in [2.24, 2.45) is 5.92 Å². The van der Waals surface area contributed by atoms with E-state index in [9.17, 15) is 5.11 Å². The molecule has 0 aromatic rings. The van der Waals surface area contributed by atoms with Crippen LogP contribution >= 0.6 is 0 Å². The van der Waals surface area contributed by atoms with Crippen molar-refractivity contribution in [1.29, 1.82) is 0 Å². The minimum absolute atomic E-state index is 0.0935. The monoisotopic (exact) mass is 166 g/mol. The van der Waals surface area contributed by atoms with Crippen LogP contribution in [-0.4, -0.2) is 11.2 Å². The first-order valence-corrected chi connectivity index (χ1v) is 5.19. The predicted octanol–water partition coefficient (Wildman–Crippen LogP) is 2.65. The lowest BCUT2D eigenvalue weighted by atomic mass is 9.75. The van der Waals surface area contributed by atoms with E-state index in [4.69, 9.17) is 0 Å². The average molecular weight is 166 g/mol. The summed E-state index contributed by atoms with van der Waals surface area (Å²) in [4.78, 5) is 0. The molecule has 2 rings (SSSR count). The maximum absolute atomic E-state index is 9.82. The summed E-state index contributed by atoms with van der Waals surface area (Å²) >= 11 is 0. The summed E-state index contributed by atoms with van der Waals surface area (Å²) < 4.78 is 0. The molecule has 0 spiro atoms. The second-order valence-corrected chi connectivity index (χ2v) is 4.26. The van der Waals surface area contributed by atoms with Gasteiger partial charge >= 0.3 is 0 Å². The Hall–Kier alpha value is -0.300. The van der Waals surface area contributed by atoms with Crippen LogP contribution in [0.15, 0.2) is 11.1 Å². The maximum Gasteiger partial charge on any atom is 0.0755 e. The quantitative estimate of drug-likeness (QED) is 0.548. The molecule has 0 radical (unpaired) electrons. The number of hydrogen-bond acceptors (Lipinski definition) is 1. The lowest BCUT2D eigenvalue weighted by Crippen LogP contribution is -2.24. The van der Waals surface area contributed by atoms with E-state index in [2.05, 4.69) is 6.92 Å². The molecule has 1 nitrogen and oxygen atoms in total. The summed E-state index contributed by atoms with van der Waals surface area (Å²) in [5.74, 6) is 0.657. The summed E-state index contributed by atoms with van der Waals surface area (Å²) in [6.45, 7) is 2.27. The van der Waals surface area contributed by atoms with Crippen molar-refractivity contribution in [2.45, 2.75) is 51.6 Å². The molecule has 1 N–H and O–H groups in total. The average Bonchev–Trinajstić information content (AvgIpc) is 2.04. The Balaban J connectivity index is 2.27. The molecule has 0 saturated heterocycles. The van der Waals surface area contributed by atoms with Gasteiger partial charge in [0.1, 0.15) is 0 Å². The molecule has 2 aliphatic rings. The smallest absolute Gasteiger partial charge is 0.0755 e. The number of allylic oxidation sites excluding steroid dienone is 1. The van der Waals surface area contributed by atoms with E-state index in [-0.39, 0.29) is 6.10 Å². The number of hydrogen-bond donors (Lipinski definition) is 1. The Kier molecular flexibility index (Phi) is 2.22. The fourth-order valence-electron chi connectivity index (χ4n) is 2.77. The van der Waals surface area contributed by atoms with Crippen molar-refractivity contribution in [3.05, 3.63) is 11.1 Å². The standard InChI is InChI=1S/C11H18O/c1-8-4-2-5-9-6-3-7-10(12)11(8)9/h8,10,12H,2-7H2,1H3. The minimum atomic E-state index is -0.0935. The summed E-state index contributed by atoms with van der Waals surface area (Å²) in [5.41, 5.74) is 3.00. The molecule has 2 unspecified atom stereocenters. The first-order valence-electron chi connectivity index (χ1n) is 5.19. The van der Waals surface area contributed by atoms with Gasteiger partial charge in [-0.3, -0.25) is 0 Å². The highest BCUT2D eigenvalue weighted by molar-refractivity contribution is 5.25. The van der Waals surface area contributed by atoms with Crippen molar-refractivity contribution >= 4 is 0 Å². The van der Waals surface area contributed by atoms with Crippen LogP contribution in [0.2, 0.25) is 0 Å². The second kappa shape index (κ2) is 3.21. The van der Waals surface area contributed by atoms with E-state index in [1.807, 2.05) is 0 Å². The van der Waals surface area contributed by atoms with E-state index < -0.39 is 0 Å². The van der Waals surface area contributed by atoms with Crippen molar-refractivity contribution in [2.75, 3.05) is 0 Å². The molecule has 0 aromatic carbocycles. The van der Waals surface area contributed by atoms with Crippen molar-refractivity contribution in [1.82, 2.24) is 0 Å². The maximum atomic E-state index is 9.82. The highest BCUT2D eigenvalue weighted by Crippen LogP contribution is 2.38. The lowest BCUT2D eigenvalue weighted by Gasteiger charge is -2.33. The van der Waals surface area contributed by atoms with Gasteiger partial charge in [-0.1, -0.05) is 12.5 Å². The van der Waals surface area contributed by atoms with Gasteiger partial charge < -0.3 is 5.11 Å². The normalized spacial score (nSPS) is 36.5. The van der Waals surface area contributed by atoms with Gasteiger partial charge in [0.2, 0.25) is 0 Å². The van der Waals surface area contributed by atoms with Gasteiger partial charge in [-0.15, -0.1) is 0 Å². The second-order valence-electron chi connectivity index (χ2n) is 4.26. The third kappa shape index (κ3) is 1.31. The third-order valence-corrected chi connectivity index (χ3v) is 3.37. The van der Waals surface area contributed by atoms with Crippen molar-refractivity contribution in [3.63, 3.8) is 0 Å². The fourth-order valence-corrected chi connectivity index (χ4v) is 2.77. The third-order valence-electron chi connectivity index (χ3n) is 3.37. The largest absolute Gasteiger partial charge is 0.389 e. The Morgan fingerprint density at radius 1 is 1.17 bits per heavy atom. The van der Waals surface area contributed by atoms with Crippen molar-refractivity contribution < 1.29 is 5.11 Å². The molecular formula is C11H18O.